The zero-order valence-corrected chi connectivity index (χ0v) is 10.2. The van der Waals surface area contributed by atoms with Crippen LogP contribution in [0, 0.1) is 11.8 Å². The van der Waals surface area contributed by atoms with Crippen LogP contribution in [-0.2, 0) is 0 Å². The highest BCUT2D eigenvalue weighted by Gasteiger charge is 2.24. The lowest BCUT2D eigenvalue weighted by Crippen LogP contribution is -2.42. The van der Waals surface area contributed by atoms with Gasteiger partial charge in [-0.2, -0.15) is 0 Å². The fourth-order valence-electron chi connectivity index (χ4n) is 2.35. The first-order valence-electron chi connectivity index (χ1n) is 6.49. The van der Waals surface area contributed by atoms with E-state index in [2.05, 4.69) is 26.1 Å². The van der Waals surface area contributed by atoms with Crippen LogP contribution in [0.2, 0.25) is 0 Å². The second-order valence-corrected chi connectivity index (χ2v) is 5.10. The fraction of sp³-hybridized carbons (Fsp3) is 1.00. The van der Waals surface area contributed by atoms with E-state index in [1.807, 2.05) is 0 Å². The molecule has 1 saturated carbocycles. The summed E-state index contributed by atoms with van der Waals surface area (Å²) >= 11 is 0. The first-order chi connectivity index (χ1) is 6.76. The van der Waals surface area contributed by atoms with Gasteiger partial charge in [0.15, 0.2) is 0 Å². The molecular formula is C13H27N. The minimum absolute atomic E-state index is 0.848. The van der Waals surface area contributed by atoms with Crippen LogP contribution in [0.1, 0.15) is 59.3 Å². The molecule has 1 aliphatic carbocycles. The Hall–Kier alpha value is -0.0400. The van der Waals surface area contributed by atoms with Gasteiger partial charge in [-0.05, 0) is 37.6 Å². The molecule has 0 aromatic heterocycles. The van der Waals surface area contributed by atoms with Crippen molar-refractivity contribution in [1.29, 1.82) is 0 Å². The van der Waals surface area contributed by atoms with Crippen molar-refractivity contribution in [2.75, 3.05) is 6.54 Å². The van der Waals surface area contributed by atoms with E-state index in [9.17, 15) is 0 Å². The highest BCUT2D eigenvalue weighted by Crippen LogP contribution is 2.26. The summed E-state index contributed by atoms with van der Waals surface area (Å²) in [5.41, 5.74) is 0. The molecule has 0 aromatic rings. The van der Waals surface area contributed by atoms with Crippen LogP contribution in [0.4, 0.5) is 0 Å². The van der Waals surface area contributed by atoms with Crippen molar-refractivity contribution in [1.82, 2.24) is 5.32 Å². The topological polar surface area (TPSA) is 12.0 Å². The second kappa shape index (κ2) is 6.44. The quantitative estimate of drug-likeness (QED) is 0.657. The maximum Gasteiger partial charge on any atom is 0.00722 e. The maximum absolute atomic E-state index is 3.71. The zero-order valence-electron chi connectivity index (χ0n) is 10.2. The van der Waals surface area contributed by atoms with Crippen molar-refractivity contribution in [2.45, 2.75) is 65.3 Å². The molecule has 1 unspecified atom stereocenters. The van der Waals surface area contributed by atoms with Gasteiger partial charge < -0.3 is 5.32 Å². The lowest BCUT2D eigenvalue weighted by atomic mass is 9.81. The lowest BCUT2D eigenvalue weighted by molar-refractivity contribution is 0.228. The van der Waals surface area contributed by atoms with Crippen molar-refractivity contribution in [2.24, 2.45) is 11.8 Å². The summed E-state index contributed by atoms with van der Waals surface area (Å²) in [6.45, 7) is 8.22. The standard InChI is InChI=1S/C13H27N/c1-4-6-7-12(5-2)10-14-13-8-11(3)9-13/h11-14H,4-10H2,1-3H3. The third-order valence-electron chi connectivity index (χ3n) is 3.61. The average Bonchev–Trinajstić information content (AvgIpc) is 2.15. The molecule has 1 fully saturated rings. The molecule has 1 aliphatic rings. The van der Waals surface area contributed by atoms with Crippen LogP contribution in [-0.4, -0.2) is 12.6 Å². The van der Waals surface area contributed by atoms with Gasteiger partial charge in [-0.25, -0.2) is 0 Å². The summed E-state index contributed by atoms with van der Waals surface area (Å²) in [7, 11) is 0. The summed E-state index contributed by atoms with van der Waals surface area (Å²) in [5, 5.41) is 3.71. The van der Waals surface area contributed by atoms with Gasteiger partial charge in [0, 0.05) is 6.04 Å². The Balaban J connectivity index is 2.02. The molecule has 1 atom stereocenters. The monoisotopic (exact) mass is 197 g/mol. The number of unbranched alkanes of at least 4 members (excludes halogenated alkanes) is 1. The van der Waals surface area contributed by atoms with Crippen LogP contribution in [0.15, 0.2) is 0 Å². The number of hydrogen-bond acceptors (Lipinski definition) is 1. The Morgan fingerprint density at radius 3 is 2.50 bits per heavy atom. The van der Waals surface area contributed by atoms with Crippen LogP contribution in [0.25, 0.3) is 0 Å². The normalized spacial score (nSPS) is 28.5. The minimum atomic E-state index is 0.848. The molecule has 0 aromatic carbocycles. The maximum atomic E-state index is 3.71. The Labute approximate surface area is 89.7 Å². The first kappa shape index (κ1) is 12.0. The van der Waals surface area contributed by atoms with Crippen molar-refractivity contribution >= 4 is 0 Å². The molecule has 1 heteroatoms. The van der Waals surface area contributed by atoms with Crippen LogP contribution in [0.5, 0.6) is 0 Å². The molecule has 84 valence electrons. The molecule has 0 saturated heterocycles. The van der Waals surface area contributed by atoms with E-state index in [0.717, 1.165) is 17.9 Å². The molecule has 14 heavy (non-hydrogen) atoms. The summed E-state index contributed by atoms with van der Waals surface area (Å²) < 4.78 is 0. The second-order valence-electron chi connectivity index (χ2n) is 5.10. The van der Waals surface area contributed by atoms with Gasteiger partial charge in [-0.15, -0.1) is 0 Å². The zero-order chi connectivity index (χ0) is 10.4. The van der Waals surface area contributed by atoms with Gasteiger partial charge in [-0.3, -0.25) is 0 Å². The number of rotatable bonds is 7. The third kappa shape index (κ3) is 4.00. The predicted molar refractivity (Wildman–Crippen MR) is 63.5 cm³/mol. The fourth-order valence-corrected chi connectivity index (χ4v) is 2.35. The summed E-state index contributed by atoms with van der Waals surface area (Å²) in [6, 6.07) is 0.848. The van der Waals surface area contributed by atoms with E-state index in [-0.39, 0.29) is 0 Å². The van der Waals surface area contributed by atoms with E-state index in [0.29, 0.717) is 0 Å². The highest BCUT2D eigenvalue weighted by molar-refractivity contribution is 4.82. The molecule has 0 bridgehead atoms. The summed E-state index contributed by atoms with van der Waals surface area (Å²) in [4.78, 5) is 0. The van der Waals surface area contributed by atoms with Crippen LogP contribution in [0.3, 0.4) is 0 Å². The van der Waals surface area contributed by atoms with E-state index in [1.54, 1.807) is 0 Å². The van der Waals surface area contributed by atoms with Crippen molar-refractivity contribution in [3.05, 3.63) is 0 Å². The smallest absolute Gasteiger partial charge is 0.00722 e. The molecular weight excluding hydrogens is 170 g/mol. The summed E-state index contributed by atoms with van der Waals surface area (Å²) in [5.74, 6) is 1.90. The Morgan fingerprint density at radius 2 is 2.00 bits per heavy atom. The molecule has 0 radical (unpaired) electrons. The molecule has 0 amide bonds. The van der Waals surface area contributed by atoms with Crippen molar-refractivity contribution in [3.63, 3.8) is 0 Å². The van der Waals surface area contributed by atoms with E-state index < -0.39 is 0 Å². The SMILES string of the molecule is CCCCC(CC)CNC1CC(C)C1. The lowest BCUT2D eigenvalue weighted by Gasteiger charge is -2.34. The van der Waals surface area contributed by atoms with Gasteiger partial charge >= 0.3 is 0 Å². The third-order valence-corrected chi connectivity index (χ3v) is 3.61. The van der Waals surface area contributed by atoms with Gasteiger partial charge in [0.05, 0.1) is 0 Å². The van der Waals surface area contributed by atoms with Gasteiger partial charge in [0.2, 0.25) is 0 Å². The van der Waals surface area contributed by atoms with Gasteiger partial charge in [0.25, 0.3) is 0 Å². The molecule has 0 spiro atoms. The molecule has 0 aliphatic heterocycles. The number of hydrogen-bond donors (Lipinski definition) is 1. The largest absolute Gasteiger partial charge is 0.314 e. The van der Waals surface area contributed by atoms with Crippen LogP contribution >= 0.6 is 0 Å². The molecule has 1 N–H and O–H groups in total. The van der Waals surface area contributed by atoms with Gasteiger partial charge in [0.1, 0.15) is 0 Å². The van der Waals surface area contributed by atoms with Crippen molar-refractivity contribution in [3.8, 4) is 0 Å². The predicted octanol–water partition coefficient (Wildman–Crippen LogP) is 3.59. The summed E-state index contributed by atoms with van der Waals surface area (Å²) in [6.07, 6.45) is 8.32. The minimum Gasteiger partial charge on any atom is -0.314 e. The average molecular weight is 197 g/mol. The Bertz CT molecular complexity index is 138. The molecule has 1 rings (SSSR count). The van der Waals surface area contributed by atoms with E-state index in [4.69, 9.17) is 0 Å². The van der Waals surface area contributed by atoms with E-state index >= 15 is 0 Å². The Morgan fingerprint density at radius 1 is 1.29 bits per heavy atom. The van der Waals surface area contributed by atoms with Gasteiger partial charge in [-0.1, -0.05) is 40.0 Å². The van der Waals surface area contributed by atoms with Crippen molar-refractivity contribution < 1.29 is 0 Å². The highest BCUT2D eigenvalue weighted by atomic mass is 14.9. The van der Waals surface area contributed by atoms with Crippen LogP contribution < -0.4 is 5.32 Å². The first-order valence-corrected chi connectivity index (χ1v) is 6.49. The molecule has 1 nitrogen and oxygen atoms in total. The van der Waals surface area contributed by atoms with E-state index in [1.165, 1.54) is 45.1 Å². The number of nitrogens with one attached hydrogen (secondary N) is 1. The Kier molecular flexibility index (Phi) is 5.54. The molecule has 0 heterocycles.